The van der Waals surface area contributed by atoms with Gasteiger partial charge in [0, 0.05) is 29.9 Å². The molecule has 1 aliphatic rings. The zero-order chi connectivity index (χ0) is 17.5. The first-order chi connectivity index (χ1) is 12.8. The van der Waals surface area contributed by atoms with Gasteiger partial charge in [-0.1, -0.05) is 18.2 Å². The molecule has 4 aromatic rings. The first kappa shape index (κ1) is 17.7. The van der Waals surface area contributed by atoms with Crippen LogP contribution in [0.5, 0.6) is 0 Å². The number of H-pyrrole nitrogens is 1. The molecule has 1 fully saturated rings. The third-order valence-electron chi connectivity index (χ3n) is 5.19. The van der Waals surface area contributed by atoms with Crippen molar-refractivity contribution >= 4 is 29.0 Å². The van der Waals surface area contributed by atoms with Gasteiger partial charge in [0.1, 0.15) is 5.65 Å². The smallest absolute Gasteiger partial charge is 0.251 e. The lowest BCUT2D eigenvalue weighted by Gasteiger charge is -2.23. The van der Waals surface area contributed by atoms with Crippen LogP contribution in [0.3, 0.4) is 0 Å². The van der Waals surface area contributed by atoms with Crippen molar-refractivity contribution in [2.45, 2.75) is 18.8 Å². The van der Waals surface area contributed by atoms with Crippen molar-refractivity contribution in [1.82, 2.24) is 24.9 Å². The number of pyridine rings is 1. The van der Waals surface area contributed by atoms with Gasteiger partial charge in [0.05, 0.1) is 16.6 Å². The van der Waals surface area contributed by atoms with E-state index in [1.54, 1.807) is 12.3 Å². The predicted octanol–water partition coefficient (Wildman–Crippen LogP) is 3.13. The highest BCUT2D eigenvalue weighted by atomic mass is 35.5. The van der Waals surface area contributed by atoms with Gasteiger partial charge in [-0.2, -0.15) is 5.10 Å². The minimum Gasteiger partial charge on any atom is -0.317 e. The van der Waals surface area contributed by atoms with Gasteiger partial charge in [-0.15, -0.1) is 12.4 Å². The third kappa shape index (κ3) is 3.01. The Bertz CT molecular complexity index is 1150. The molecule has 2 N–H and O–H groups in total. The van der Waals surface area contributed by atoms with E-state index in [2.05, 4.69) is 21.4 Å². The van der Waals surface area contributed by atoms with Gasteiger partial charge in [-0.05, 0) is 43.6 Å². The van der Waals surface area contributed by atoms with Gasteiger partial charge >= 0.3 is 0 Å². The summed E-state index contributed by atoms with van der Waals surface area (Å²) in [5.74, 6) is 0.345. The Kier molecular flexibility index (Phi) is 4.68. The molecule has 3 aromatic heterocycles. The van der Waals surface area contributed by atoms with Crippen LogP contribution >= 0.6 is 12.4 Å². The van der Waals surface area contributed by atoms with E-state index in [0.29, 0.717) is 5.92 Å². The van der Waals surface area contributed by atoms with E-state index in [4.69, 9.17) is 5.10 Å². The zero-order valence-corrected chi connectivity index (χ0v) is 15.5. The lowest BCUT2D eigenvalue weighted by Crippen LogP contribution is -2.28. The molecule has 0 aliphatic carbocycles. The SMILES string of the molecule is Cl.O=c1cc(C2CCNCC2)n2nc3cccc(-c4cccnc4)c3c2[nH]1. The molecular formula is C20H20ClN5O. The van der Waals surface area contributed by atoms with Gasteiger partial charge in [-0.25, -0.2) is 4.52 Å². The topological polar surface area (TPSA) is 75.1 Å². The fourth-order valence-electron chi connectivity index (χ4n) is 3.96. The molecule has 0 bridgehead atoms. The third-order valence-corrected chi connectivity index (χ3v) is 5.19. The summed E-state index contributed by atoms with van der Waals surface area (Å²) in [6, 6.07) is 11.7. The number of aromatic nitrogens is 4. The second-order valence-corrected chi connectivity index (χ2v) is 6.78. The first-order valence-electron chi connectivity index (χ1n) is 8.97. The van der Waals surface area contributed by atoms with Crippen molar-refractivity contribution in [2.75, 3.05) is 13.1 Å². The van der Waals surface area contributed by atoms with Crippen LogP contribution in [0, 0.1) is 0 Å². The molecule has 0 atom stereocenters. The molecule has 5 rings (SSSR count). The molecular weight excluding hydrogens is 362 g/mol. The second kappa shape index (κ2) is 7.13. The normalized spacial score (nSPS) is 15.1. The molecule has 0 amide bonds. The molecule has 4 heterocycles. The van der Waals surface area contributed by atoms with Crippen molar-refractivity contribution in [3.8, 4) is 11.1 Å². The van der Waals surface area contributed by atoms with E-state index >= 15 is 0 Å². The maximum Gasteiger partial charge on any atom is 0.251 e. The van der Waals surface area contributed by atoms with Crippen molar-refractivity contribution < 1.29 is 0 Å². The molecule has 0 spiro atoms. The van der Waals surface area contributed by atoms with Crippen LogP contribution in [-0.2, 0) is 0 Å². The van der Waals surface area contributed by atoms with Crippen LogP contribution in [0.1, 0.15) is 24.5 Å². The largest absolute Gasteiger partial charge is 0.317 e. The van der Waals surface area contributed by atoms with Crippen molar-refractivity contribution in [1.29, 1.82) is 0 Å². The minimum absolute atomic E-state index is 0. The maximum atomic E-state index is 12.4. The van der Waals surface area contributed by atoms with Crippen molar-refractivity contribution in [2.24, 2.45) is 0 Å². The molecule has 0 saturated carbocycles. The average molecular weight is 382 g/mol. The van der Waals surface area contributed by atoms with Gasteiger partial charge in [0.15, 0.2) is 0 Å². The monoisotopic (exact) mass is 381 g/mol. The van der Waals surface area contributed by atoms with E-state index in [0.717, 1.165) is 59.3 Å². The summed E-state index contributed by atoms with van der Waals surface area (Å²) in [7, 11) is 0. The number of piperidine rings is 1. The maximum absolute atomic E-state index is 12.4. The highest BCUT2D eigenvalue weighted by molar-refractivity contribution is 6.03. The Hall–Kier alpha value is -2.70. The number of benzene rings is 1. The van der Waals surface area contributed by atoms with Gasteiger partial charge in [0.2, 0.25) is 0 Å². The summed E-state index contributed by atoms with van der Waals surface area (Å²) in [5, 5.41) is 9.17. The lowest BCUT2D eigenvalue weighted by molar-refractivity contribution is 0.446. The Labute approximate surface area is 162 Å². The van der Waals surface area contributed by atoms with Crippen LogP contribution in [0.25, 0.3) is 27.7 Å². The van der Waals surface area contributed by atoms with Crippen LogP contribution < -0.4 is 10.9 Å². The fraction of sp³-hybridized carbons (Fsp3) is 0.250. The Balaban J connectivity index is 0.00000180. The molecule has 6 nitrogen and oxygen atoms in total. The van der Waals surface area contributed by atoms with Crippen LogP contribution in [0.15, 0.2) is 53.6 Å². The first-order valence-corrected chi connectivity index (χ1v) is 8.97. The summed E-state index contributed by atoms with van der Waals surface area (Å²) < 4.78 is 1.93. The van der Waals surface area contributed by atoms with Gasteiger partial charge in [-0.3, -0.25) is 9.78 Å². The number of halogens is 1. The highest BCUT2D eigenvalue weighted by Gasteiger charge is 2.21. The number of aromatic amines is 1. The summed E-state index contributed by atoms with van der Waals surface area (Å²) in [4.78, 5) is 19.7. The number of hydrogen-bond acceptors (Lipinski definition) is 4. The molecule has 138 valence electrons. The molecule has 27 heavy (non-hydrogen) atoms. The molecule has 1 aromatic carbocycles. The summed E-state index contributed by atoms with van der Waals surface area (Å²) in [6.45, 7) is 1.95. The van der Waals surface area contributed by atoms with E-state index in [1.165, 1.54) is 0 Å². The van der Waals surface area contributed by atoms with Crippen LogP contribution in [0.4, 0.5) is 0 Å². The van der Waals surface area contributed by atoms with Crippen LogP contribution in [-0.4, -0.2) is 32.7 Å². The lowest BCUT2D eigenvalue weighted by atomic mass is 9.94. The van der Waals surface area contributed by atoms with Gasteiger partial charge < -0.3 is 10.3 Å². The molecule has 7 heteroatoms. The average Bonchev–Trinajstić information content (AvgIpc) is 3.07. The molecule has 0 unspecified atom stereocenters. The van der Waals surface area contributed by atoms with E-state index < -0.39 is 0 Å². The van der Waals surface area contributed by atoms with E-state index in [9.17, 15) is 4.79 Å². The minimum atomic E-state index is -0.0752. The summed E-state index contributed by atoms with van der Waals surface area (Å²) >= 11 is 0. The van der Waals surface area contributed by atoms with Crippen molar-refractivity contribution in [3.63, 3.8) is 0 Å². The Morgan fingerprint density at radius 1 is 1.11 bits per heavy atom. The number of rotatable bonds is 2. The quantitative estimate of drug-likeness (QED) is 0.559. The predicted molar refractivity (Wildman–Crippen MR) is 109 cm³/mol. The fourth-order valence-corrected chi connectivity index (χ4v) is 3.96. The second-order valence-electron chi connectivity index (χ2n) is 6.78. The summed E-state index contributed by atoms with van der Waals surface area (Å²) in [6.07, 6.45) is 5.64. The van der Waals surface area contributed by atoms with E-state index in [1.807, 2.05) is 35.0 Å². The van der Waals surface area contributed by atoms with E-state index in [-0.39, 0.29) is 18.0 Å². The number of fused-ring (bicyclic) bond motifs is 3. The molecule has 1 saturated heterocycles. The Morgan fingerprint density at radius 2 is 1.96 bits per heavy atom. The number of nitrogens with zero attached hydrogens (tertiary/aromatic N) is 3. The van der Waals surface area contributed by atoms with Gasteiger partial charge in [0.25, 0.3) is 5.56 Å². The molecule has 0 radical (unpaired) electrons. The van der Waals surface area contributed by atoms with Crippen molar-refractivity contribution in [3.05, 3.63) is 64.8 Å². The zero-order valence-electron chi connectivity index (χ0n) is 14.7. The number of nitrogens with one attached hydrogen (secondary N) is 2. The molecule has 1 aliphatic heterocycles. The standard InChI is InChI=1S/C20H19N5O.ClH/c26-18-11-17(13-6-9-21-10-7-13)25-20(23-18)19-15(4-1-5-16(19)24-25)14-3-2-8-22-12-14;/h1-5,8,11-13,21H,6-7,9-10H2,(H,23,26);1H. The summed E-state index contributed by atoms with van der Waals surface area (Å²) in [5.41, 5.74) is 4.61. The Morgan fingerprint density at radius 3 is 2.74 bits per heavy atom. The highest BCUT2D eigenvalue weighted by Crippen LogP contribution is 2.32. The number of hydrogen-bond donors (Lipinski definition) is 2. The van der Waals surface area contributed by atoms with Crippen LogP contribution in [0.2, 0.25) is 0 Å².